The summed E-state index contributed by atoms with van der Waals surface area (Å²) in [6, 6.07) is 14.7. The molecule has 1 aliphatic rings. The Hall–Kier alpha value is -3.12. The number of aromatic amines is 1. The normalized spacial score (nSPS) is 19.3. The molecule has 2 heterocycles. The van der Waals surface area contributed by atoms with E-state index in [1.54, 1.807) is 13.2 Å². The first kappa shape index (κ1) is 17.3. The van der Waals surface area contributed by atoms with E-state index >= 15 is 0 Å². The van der Waals surface area contributed by atoms with Crippen LogP contribution in [0, 0.1) is 0 Å². The summed E-state index contributed by atoms with van der Waals surface area (Å²) in [4.78, 5) is 27.8. The number of hydrogen-bond donors (Lipinski definition) is 3. The highest BCUT2D eigenvalue weighted by Crippen LogP contribution is 2.31. The molecule has 1 saturated heterocycles. The molecule has 1 fully saturated rings. The molecule has 0 bridgehead atoms. The van der Waals surface area contributed by atoms with Crippen molar-refractivity contribution in [2.45, 2.75) is 18.4 Å². The number of methoxy groups -OCH3 is 1. The Kier molecular flexibility index (Phi) is 4.41. The van der Waals surface area contributed by atoms with E-state index in [1.165, 1.54) is 0 Å². The molecule has 1 unspecified atom stereocenters. The minimum atomic E-state index is -0.347. The first-order valence-electron chi connectivity index (χ1n) is 8.82. The Morgan fingerprint density at radius 1 is 1.15 bits per heavy atom. The number of para-hydroxylation sites is 1. The minimum Gasteiger partial charge on any atom is -0.496 e. The lowest BCUT2D eigenvalue weighted by molar-refractivity contribution is -0.120. The number of hydrogen-bond acceptors (Lipinski definition) is 4. The van der Waals surface area contributed by atoms with Gasteiger partial charge in [-0.3, -0.25) is 9.59 Å². The van der Waals surface area contributed by atoms with Crippen molar-refractivity contribution in [2.75, 3.05) is 13.7 Å². The summed E-state index contributed by atoms with van der Waals surface area (Å²) < 4.78 is 5.38. The summed E-state index contributed by atoms with van der Waals surface area (Å²) in [5, 5.41) is 13.4. The molecule has 3 aromatic rings. The average molecular weight is 364 g/mol. The quantitative estimate of drug-likeness (QED) is 0.662. The average Bonchev–Trinajstić information content (AvgIpc) is 3.08. The fourth-order valence-electron chi connectivity index (χ4n) is 3.67. The molecule has 27 heavy (non-hydrogen) atoms. The SMILES string of the molecule is COc1ccccc1-c1cc2ccc([C@H]3CC(CO)NC3=O)cc2c(=O)[nH]1. The predicted molar refractivity (Wildman–Crippen MR) is 103 cm³/mol. The standard InChI is InChI=1S/C21H20N2O4/c1-27-19-5-3-2-4-15(19)18-9-13-7-6-12(8-16(13)21(26)23-18)17-10-14(11-24)22-20(17)25/h2-9,14,17,24H,10-11H2,1H3,(H,22,25)(H,23,26)/t14?,17-/m1/s1. The van der Waals surface area contributed by atoms with Gasteiger partial charge in [-0.15, -0.1) is 0 Å². The van der Waals surface area contributed by atoms with E-state index in [4.69, 9.17) is 4.74 Å². The number of H-pyrrole nitrogens is 1. The maximum atomic E-state index is 12.7. The molecule has 1 amide bonds. The third-order valence-corrected chi connectivity index (χ3v) is 5.07. The molecule has 6 nitrogen and oxygen atoms in total. The monoisotopic (exact) mass is 364 g/mol. The van der Waals surface area contributed by atoms with E-state index in [0.717, 1.165) is 16.5 Å². The molecule has 1 aromatic heterocycles. The van der Waals surface area contributed by atoms with Crippen molar-refractivity contribution in [3.05, 3.63) is 64.4 Å². The van der Waals surface area contributed by atoms with E-state index in [2.05, 4.69) is 10.3 Å². The lowest BCUT2D eigenvalue weighted by atomic mass is 9.93. The Bertz CT molecular complexity index is 1070. The zero-order valence-corrected chi connectivity index (χ0v) is 14.9. The van der Waals surface area contributed by atoms with Crippen LogP contribution in [0.15, 0.2) is 53.3 Å². The summed E-state index contributed by atoms with van der Waals surface area (Å²) >= 11 is 0. The lowest BCUT2D eigenvalue weighted by Crippen LogP contribution is -2.28. The Labute approximate surface area is 155 Å². The molecule has 6 heteroatoms. The van der Waals surface area contributed by atoms with Crippen LogP contribution in [-0.2, 0) is 4.79 Å². The third kappa shape index (κ3) is 3.08. The van der Waals surface area contributed by atoms with Crippen LogP contribution in [0.1, 0.15) is 17.9 Å². The van der Waals surface area contributed by atoms with Gasteiger partial charge in [0.05, 0.1) is 31.4 Å². The van der Waals surface area contributed by atoms with Crippen molar-refractivity contribution in [3.63, 3.8) is 0 Å². The van der Waals surface area contributed by atoms with Crippen LogP contribution < -0.4 is 15.6 Å². The second kappa shape index (κ2) is 6.89. The number of aromatic nitrogens is 1. The van der Waals surface area contributed by atoms with Crippen molar-refractivity contribution in [3.8, 4) is 17.0 Å². The van der Waals surface area contributed by atoms with Gasteiger partial charge in [0.2, 0.25) is 5.91 Å². The van der Waals surface area contributed by atoms with Crippen molar-refractivity contribution < 1.29 is 14.6 Å². The minimum absolute atomic E-state index is 0.0846. The topological polar surface area (TPSA) is 91.4 Å². The number of fused-ring (bicyclic) bond motifs is 1. The van der Waals surface area contributed by atoms with Gasteiger partial charge in [0, 0.05) is 10.9 Å². The maximum absolute atomic E-state index is 12.7. The number of aliphatic hydroxyl groups is 1. The van der Waals surface area contributed by atoms with Crippen molar-refractivity contribution in [1.29, 1.82) is 0 Å². The van der Waals surface area contributed by atoms with E-state index in [0.29, 0.717) is 23.3 Å². The van der Waals surface area contributed by atoms with Crippen LogP contribution in [0.4, 0.5) is 0 Å². The fraction of sp³-hybridized carbons (Fsp3) is 0.238. The molecular formula is C21H20N2O4. The van der Waals surface area contributed by atoms with Crippen LogP contribution in [-0.4, -0.2) is 35.8 Å². The summed E-state index contributed by atoms with van der Waals surface area (Å²) in [5.74, 6) is 0.220. The molecule has 3 N–H and O–H groups in total. The van der Waals surface area contributed by atoms with Crippen LogP contribution >= 0.6 is 0 Å². The van der Waals surface area contributed by atoms with Gasteiger partial charge in [0.25, 0.3) is 5.56 Å². The largest absolute Gasteiger partial charge is 0.496 e. The van der Waals surface area contributed by atoms with Gasteiger partial charge >= 0.3 is 0 Å². The highest BCUT2D eigenvalue weighted by molar-refractivity contribution is 5.90. The van der Waals surface area contributed by atoms with Gasteiger partial charge in [-0.05, 0) is 41.6 Å². The smallest absolute Gasteiger partial charge is 0.256 e. The maximum Gasteiger partial charge on any atom is 0.256 e. The highest BCUT2D eigenvalue weighted by atomic mass is 16.5. The third-order valence-electron chi connectivity index (χ3n) is 5.07. The molecule has 0 aliphatic carbocycles. The summed E-state index contributed by atoms with van der Waals surface area (Å²) in [7, 11) is 1.59. The summed E-state index contributed by atoms with van der Waals surface area (Å²) in [5.41, 5.74) is 2.06. The lowest BCUT2D eigenvalue weighted by Gasteiger charge is -2.11. The molecular weight excluding hydrogens is 344 g/mol. The van der Waals surface area contributed by atoms with Crippen molar-refractivity contribution in [2.24, 2.45) is 0 Å². The van der Waals surface area contributed by atoms with Gasteiger partial charge in [0.1, 0.15) is 5.75 Å². The first-order valence-corrected chi connectivity index (χ1v) is 8.82. The van der Waals surface area contributed by atoms with Crippen molar-refractivity contribution >= 4 is 16.7 Å². The number of nitrogens with one attached hydrogen (secondary N) is 2. The number of benzene rings is 2. The van der Waals surface area contributed by atoms with E-state index in [1.807, 2.05) is 42.5 Å². The molecule has 2 aromatic carbocycles. The molecule has 0 saturated carbocycles. The van der Waals surface area contributed by atoms with Gasteiger partial charge in [0.15, 0.2) is 0 Å². The molecule has 138 valence electrons. The zero-order valence-electron chi connectivity index (χ0n) is 14.9. The molecule has 0 radical (unpaired) electrons. The van der Waals surface area contributed by atoms with E-state index in [9.17, 15) is 14.7 Å². The number of aliphatic hydroxyl groups excluding tert-OH is 1. The van der Waals surface area contributed by atoms with Crippen LogP contribution in [0.5, 0.6) is 5.75 Å². The predicted octanol–water partition coefficient (Wildman–Crippen LogP) is 2.17. The van der Waals surface area contributed by atoms with E-state index in [-0.39, 0.29) is 30.0 Å². The number of carbonyl (C=O) groups is 1. The van der Waals surface area contributed by atoms with Gasteiger partial charge in [-0.1, -0.05) is 24.3 Å². The summed E-state index contributed by atoms with van der Waals surface area (Å²) in [6.45, 7) is -0.0846. The number of amides is 1. The highest BCUT2D eigenvalue weighted by Gasteiger charge is 2.32. The number of rotatable bonds is 4. The molecule has 4 rings (SSSR count). The number of ether oxygens (including phenoxy) is 1. The van der Waals surface area contributed by atoms with Crippen molar-refractivity contribution in [1.82, 2.24) is 10.3 Å². The first-order chi connectivity index (χ1) is 13.1. The van der Waals surface area contributed by atoms with E-state index < -0.39 is 0 Å². The van der Waals surface area contributed by atoms with Gasteiger partial charge < -0.3 is 20.1 Å². The van der Waals surface area contributed by atoms with Gasteiger partial charge in [-0.25, -0.2) is 0 Å². The Morgan fingerprint density at radius 3 is 2.70 bits per heavy atom. The van der Waals surface area contributed by atoms with Crippen LogP contribution in [0.3, 0.4) is 0 Å². The molecule has 0 spiro atoms. The Balaban J connectivity index is 1.77. The number of pyridine rings is 1. The number of carbonyl (C=O) groups excluding carboxylic acids is 1. The summed E-state index contributed by atoms with van der Waals surface area (Å²) in [6.07, 6.45) is 0.526. The molecule has 2 atom stereocenters. The zero-order chi connectivity index (χ0) is 19.0. The second-order valence-corrected chi connectivity index (χ2v) is 6.74. The van der Waals surface area contributed by atoms with Crippen LogP contribution in [0.2, 0.25) is 0 Å². The fourth-order valence-corrected chi connectivity index (χ4v) is 3.67. The van der Waals surface area contributed by atoms with Crippen LogP contribution in [0.25, 0.3) is 22.0 Å². The van der Waals surface area contributed by atoms with Gasteiger partial charge in [-0.2, -0.15) is 0 Å². The second-order valence-electron chi connectivity index (χ2n) is 6.74. The molecule has 1 aliphatic heterocycles. The Morgan fingerprint density at radius 2 is 1.96 bits per heavy atom.